The fraction of sp³-hybridized carbons (Fsp3) is 0.0667. The molecule has 0 N–H and O–H groups in total. The lowest BCUT2D eigenvalue weighted by molar-refractivity contribution is 0.661. The maximum Gasteiger partial charge on any atom is 0.0468 e. The molecule has 0 amide bonds. The van der Waals surface area contributed by atoms with E-state index in [0.29, 0.717) is 0 Å². The molecule has 1 heterocycles. The van der Waals surface area contributed by atoms with Gasteiger partial charge in [-0.15, -0.1) is 11.3 Å². The van der Waals surface area contributed by atoms with Crippen LogP contribution in [-0.4, -0.2) is 0 Å². The minimum absolute atomic E-state index is 0.133. The average Bonchev–Trinajstić information content (AvgIpc) is 3.61. The number of benzene rings is 7. The van der Waals surface area contributed by atoms with Gasteiger partial charge in [0.1, 0.15) is 0 Å². The van der Waals surface area contributed by atoms with Gasteiger partial charge in [-0.2, -0.15) is 0 Å². The molecule has 1 aliphatic rings. The predicted octanol–water partition coefficient (Wildman–Crippen LogP) is 13.2. The maximum absolute atomic E-state index is 2.48. The number of nitrogens with zero attached hydrogens (tertiary/aromatic N) is 1. The molecule has 0 radical (unpaired) electrons. The first-order valence-electron chi connectivity index (χ1n) is 16.3. The summed E-state index contributed by atoms with van der Waals surface area (Å²) in [4.78, 5) is 2.39. The Kier molecular flexibility index (Phi) is 6.41. The van der Waals surface area contributed by atoms with Gasteiger partial charge in [-0.05, 0) is 93.0 Å². The van der Waals surface area contributed by atoms with Crippen LogP contribution in [0.1, 0.15) is 25.0 Å². The minimum atomic E-state index is -0.133. The second-order valence-electron chi connectivity index (χ2n) is 13.0. The highest BCUT2D eigenvalue weighted by Crippen LogP contribution is 2.57. The lowest BCUT2D eigenvalue weighted by atomic mass is 9.81. The third kappa shape index (κ3) is 4.44. The highest BCUT2D eigenvalue weighted by atomic mass is 32.1. The van der Waals surface area contributed by atoms with Gasteiger partial charge in [0.05, 0.1) is 0 Å². The van der Waals surface area contributed by atoms with E-state index in [1.54, 1.807) is 0 Å². The molecule has 0 spiro atoms. The first-order valence-corrected chi connectivity index (χ1v) is 17.1. The van der Waals surface area contributed by atoms with E-state index in [-0.39, 0.29) is 5.41 Å². The number of fused-ring (bicyclic) bond motifs is 6. The largest absolute Gasteiger partial charge is 0.310 e. The van der Waals surface area contributed by atoms with Crippen molar-refractivity contribution in [2.75, 3.05) is 4.90 Å². The lowest BCUT2D eigenvalue weighted by Gasteiger charge is -2.27. The maximum atomic E-state index is 2.48. The zero-order valence-corrected chi connectivity index (χ0v) is 27.3. The van der Waals surface area contributed by atoms with Crippen molar-refractivity contribution < 1.29 is 0 Å². The van der Waals surface area contributed by atoms with Gasteiger partial charge in [0.15, 0.2) is 0 Å². The molecule has 1 aromatic heterocycles. The molecule has 9 rings (SSSR count). The summed E-state index contributed by atoms with van der Waals surface area (Å²) in [7, 11) is 0. The molecule has 0 saturated carbocycles. The topological polar surface area (TPSA) is 3.24 Å². The van der Waals surface area contributed by atoms with Crippen LogP contribution in [0.2, 0.25) is 0 Å². The van der Waals surface area contributed by atoms with E-state index in [4.69, 9.17) is 0 Å². The minimum Gasteiger partial charge on any atom is -0.310 e. The van der Waals surface area contributed by atoms with Crippen molar-refractivity contribution in [1.29, 1.82) is 0 Å². The number of rotatable bonds is 5. The van der Waals surface area contributed by atoms with E-state index in [2.05, 4.69) is 183 Å². The Morgan fingerprint density at radius 2 is 1.02 bits per heavy atom. The summed E-state index contributed by atoms with van der Waals surface area (Å²) in [5.41, 5.74) is 13.8. The van der Waals surface area contributed by atoms with E-state index in [1.165, 1.54) is 64.7 Å². The number of hydrogen-bond donors (Lipinski definition) is 0. The van der Waals surface area contributed by atoms with Crippen LogP contribution in [0.5, 0.6) is 0 Å². The first kappa shape index (κ1) is 27.8. The Morgan fingerprint density at radius 1 is 0.447 bits per heavy atom. The van der Waals surface area contributed by atoms with Gasteiger partial charge in [0, 0.05) is 42.6 Å². The molecule has 1 aliphatic carbocycles. The summed E-state index contributed by atoms with van der Waals surface area (Å²) in [5.74, 6) is 0. The standard InChI is InChI=1S/C45H33NS/c1-45(2)38-27-26-35(46(33-18-10-5-11-19-33)34-24-22-31(23-25-34)30-14-6-3-7-15-30)28-37(38)43-39(45)29-41-44(36-20-12-13-21-40(36)47-41)42(43)32-16-8-4-9-17-32/h3-29H,1-2H3. The Bertz CT molecular complexity index is 2400. The molecule has 7 aromatic carbocycles. The molecular weight excluding hydrogens is 587 g/mol. The number of hydrogen-bond acceptors (Lipinski definition) is 2. The van der Waals surface area contributed by atoms with Gasteiger partial charge in [0.2, 0.25) is 0 Å². The van der Waals surface area contributed by atoms with E-state index in [1.807, 2.05) is 11.3 Å². The molecule has 0 fully saturated rings. The molecule has 1 nitrogen and oxygen atoms in total. The van der Waals surface area contributed by atoms with Crippen molar-refractivity contribution in [1.82, 2.24) is 0 Å². The first-order chi connectivity index (χ1) is 23.1. The summed E-state index contributed by atoms with van der Waals surface area (Å²) in [6.07, 6.45) is 0. The highest BCUT2D eigenvalue weighted by Gasteiger charge is 2.39. The van der Waals surface area contributed by atoms with Crippen molar-refractivity contribution in [2.45, 2.75) is 19.3 Å². The summed E-state index contributed by atoms with van der Waals surface area (Å²) in [6, 6.07) is 59.8. The van der Waals surface area contributed by atoms with Crippen molar-refractivity contribution in [3.63, 3.8) is 0 Å². The molecule has 8 aromatic rings. The van der Waals surface area contributed by atoms with Gasteiger partial charge in [0.25, 0.3) is 0 Å². The summed E-state index contributed by atoms with van der Waals surface area (Å²) in [5, 5.41) is 2.70. The third-order valence-corrected chi connectivity index (χ3v) is 11.0. The summed E-state index contributed by atoms with van der Waals surface area (Å²) in [6.45, 7) is 4.78. The van der Waals surface area contributed by atoms with Gasteiger partial charge in [-0.3, -0.25) is 0 Å². The quantitative estimate of drug-likeness (QED) is 0.185. The van der Waals surface area contributed by atoms with Gasteiger partial charge in [-0.1, -0.05) is 129 Å². The average molecular weight is 620 g/mol. The zero-order chi connectivity index (χ0) is 31.5. The highest BCUT2D eigenvalue weighted by molar-refractivity contribution is 7.26. The lowest BCUT2D eigenvalue weighted by Crippen LogP contribution is -2.15. The molecule has 0 aliphatic heterocycles. The van der Waals surface area contributed by atoms with Crippen LogP contribution in [0.3, 0.4) is 0 Å². The van der Waals surface area contributed by atoms with Gasteiger partial charge >= 0.3 is 0 Å². The van der Waals surface area contributed by atoms with Crippen LogP contribution in [0.4, 0.5) is 17.1 Å². The van der Waals surface area contributed by atoms with Crippen LogP contribution in [-0.2, 0) is 5.41 Å². The van der Waals surface area contributed by atoms with E-state index < -0.39 is 0 Å². The molecule has 224 valence electrons. The van der Waals surface area contributed by atoms with Crippen LogP contribution in [0.15, 0.2) is 164 Å². The normalized spacial score (nSPS) is 13.1. The second-order valence-corrected chi connectivity index (χ2v) is 14.0. The smallest absolute Gasteiger partial charge is 0.0468 e. The van der Waals surface area contributed by atoms with Crippen LogP contribution in [0, 0.1) is 0 Å². The molecule has 0 atom stereocenters. The molecule has 2 heteroatoms. The second kappa shape index (κ2) is 10.8. The Balaban J connectivity index is 1.29. The fourth-order valence-electron chi connectivity index (χ4n) is 7.58. The Labute approximate surface area is 280 Å². The number of para-hydroxylation sites is 1. The van der Waals surface area contributed by atoms with E-state index in [9.17, 15) is 0 Å². The van der Waals surface area contributed by atoms with Crippen LogP contribution in [0.25, 0.3) is 53.6 Å². The molecule has 47 heavy (non-hydrogen) atoms. The Hall–Kier alpha value is -5.44. The third-order valence-electron chi connectivity index (χ3n) is 9.85. The fourth-order valence-corrected chi connectivity index (χ4v) is 8.73. The number of thiophene rings is 1. The SMILES string of the molecule is CC1(C)c2ccc(N(c3ccccc3)c3ccc(-c4ccccc4)cc3)cc2-c2c1cc1sc3ccccc3c1c2-c1ccccc1. The van der Waals surface area contributed by atoms with Crippen molar-refractivity contribution in [3.05, 3.63) is 175 Å². The molecule has 0 bridgehead atoms. The van der Waals surface area contributed by atoms with E-state index in [0.717, 1.165) is 17.1 Å². The van der Waals surface area contributed by atoms with Crippen molar-refractivity contribution in [2.24, 2.45) is 0 Å². The molecule has 0 unspecified atom stereocenters. The van der Waals surface area contributed by atoms with Crippen molar-refractivity contribution >= 4 is 48.6 Å². The van der Waals surface area contributed by atoms with E-state index >= 15 is 0 Å². The predicted molar refractivity (Wildman–Crippen MR) is 202 cm³/mol. The van der Waals surface area contributed by atoms with Gasteiger partial charge < -0.3 is 4.90 Å². The van der Waals surface area contributed by atoms with Crippen LogP contribution >= 0.6 is 11.3 Å². The van der Waals surface area contributed by atoms with Gasteiger partial charge in [-0.25, -0.2) is 0 Å². The van der Waals surface area contributed by atoms with Crippen LogP contribution < -0.4 is 4.90 Å². The summed E-state index contributed by atoms with van der Waals surface area (Å²) >= 11 is 1.91. The number of anilines is 3. The summed E-state index contributed by atoms with van der Waals surface area (Å²) < 4.78 is 2.69. The monoisotopic (exact) mass is 619 g/mol. The molecule has 0 saturated heterocycles. The zero-order valence-electron chi connectivity index (χ0n) is 26.4. The molecular formula is C45H33NS. The Morgan fingerprint density at radius 3 is 1.74 bits per heavy atom. The van der Waals surface area contributed by atoms with Crippen molar-refractivity contribution in [3.8, 4) is 33.4 Å².